The molecule has 2 aromatic rings. The molecule has 1 atom stereocenters. The van der Waals surface area contributed by atoms with Gasteiger partial charge in [-0.3, -0.25) is 9.59 Å². The van der Waals surface area contributed by atoms with Gasteiger partial charge in [-0.05, 0) is 37.5 Å². The van der Waals surface area contributed by atoms with Crippen LogP contribution in [0.2, 0.25) is 0 Å². The van der Waals surface area contributed by atoms with E-state index in [2.05, 4.69) is 5.32 Å². The van der Waals surface area contributed by atoms with Gasteiger partial charge in [-0.2, -0.15) is 0 Å². The van der Waals surface area contributed by atoms with Crippen molar-refractivity contribution in [2.75, 3.05) is 13.1 Å². The Morgan fingerprint density at radius 3 is 2.27 bits per heavy atom. The number of piperidine rings is 1. The SMILES string of the molecule is Cc1ccc(C(=O)N2CCC(NC(=O)C(N)c3ccccc3)CC2)cc1. The predicted octanol–water partition coefficient (Wildman–Crippen LogP) is 2.42. The van der Waals surface area contributed by atoms with Crippen molar-refractivity contribution in [3.05, 3.63) is 71.3 Å². The third-order valence-corrected chi connectivity index (χ3v) is 4.87. The summed E-state index contributed by atoms with van der Waals surface area (Å²) in [6, 6.07) is 16.4. The van der Waals surface area contributed by atoms with Gasteiger partial charge in [0.2, 0.25) is 5.91 Å². The summed E-state index contributed by atoms with van der Waals surface area (Å²) in [5.41, 5.74) is 8.69. The number of amides is 2. The second-order valence-electron chi connectivity index (χ2n) is 6.83. The van der Waals surface area contributed by atoms with E-state index in [0.717, 1.165) is 24.0 Å². The van der Waals surface area contributed by atoms with Crippen LogP contribution in [0.5, 0.6) is 0 Å². The Morgan fingerprint density at radius 2 is 1.65 bits per heavy atom. The van der Waals surface area contributed by atoms with Gasteiger partial charge in [0, 0.05) is 24.7 Å². The molecule has 0 aliphatic carbocycles. The number of aryl methyl sites for hydroxylation is 1. The van der Waals surface area contributed by atoms with E-state index in [-0.39, 0.29) is 17.9 Å². The Morgan fingerprint density at radius 1 is 1.04 bits per heavy atom. The zero-order chi connectivity index (χ0) is 18.5. The van der Waals surface area contributed by atoms with Gasteiger partial charge in [0.25, 0.3) is 5.91 Å². The second-order valence-corrected chi connectivity index (χ2v) is 6.83. The van der Waals surface area contributed by atoms with E-state index in [1.165, 1.54) is 0 Å². The average molecular weight is 351 g/mol. The van der Waals surface area contributed by atoms with E-state index in [0.29, 0.717) is 18.7 Å². The first-order chi connectivity index (χ1) is 12.5. The van der Waals surface area contributed by atoms with Gasteiger partial charge < -0.3 is 16.0 Å². The maximum Gasteiger partial charge on any atom is 0.253 e. The molecule has 1 heterocycles. The van der Waals surface area contributed by atoms with Crippen LogP contribution >= 0.6 is 0 Å². The average Bonchev–Trinajstić information content (AvgIpc) is 2.68. The van der Waals surface area contributed by atoms with E-state index in [1.807, 2.05) is 66.4 Å². The molecule has 0 aromatic heterocycles. The summed E-state index contributed by atoms with van der Waals surface area (Å²) in [5, 5.41) is 3.02. The van der Waals surface area contributed by atoms with Crippen molar-refractivity contribution in [2.45, 2.75) is 31.8 Å². The lowest BCUT2D eigenvalue weighted by molar-refractivity contribution is -0.123. The summed E-state index contributed by atoms with van der Waals surface area (Å²) in [4.78, 5) is 26.8. The minimum Gasteiger partial charge on any atom is -0.352 e. The van der Waals surface area contributed by atoms with E-state index < -0.39 is 6.04 Å². The van der Waals surface area contributed by atoms with Gasteiger partial charge in [0.1, 0.15) is 6.04 Å². The molecule has 26 heavy (non-hydrogen) atoms. The highest BCUT2D eigenvalue weighted by Gasteiger charge is 2.26. The molecule has 5 nitrogen and oxygen atoms in total. The molecule has 1 fully saturated rings. The molecule has 3 N–H and O–H groups in total. The van der Waals surface area contributed by atoms with Crippen LogP contribution in [0.1, 0.15) is 40.4 Å². The molecule has 2 aromatic carbocycles. The largest absolute Gasteiger partial charge is 0.352 e. The molecule has 5 heteroatoms. The molecule has 1 aliphatic heterocycles. The van der Waals surface area contributed by atoms with Crippen molar-refractivity contribution < 1.29 is 9.59 Å². The molecule has 1 unspecified atom stereocenters. The van der Waals surface area contributed by atoms with Crippen molar-refractivity contribution in [1.29, 1.82) is 0 Å². The molecule has 0 bridgehead atoms. The third kappa shape index (κ3) is 4.29. The number of hydrogen-bond acceptors (Lipinski definition) is 3. The summed E-state index contributed by atoms with van der Waals surface area (Å²) in [6.45, 7) is 3.28. The van der Waals surface area contributed by atoms with Crippen molar-refractivity contribution in [3.63, 3.8) is 0 Å². The van der Waals surface area contributed by atoms with Gasteiger partial charge in [-0.15, -0.1) is 0 Å². The Kier molecular flexibility index (Phi) is 5.68. The monoisotopic (exact) mass is 351 g/mol. The number of carbonyl (C=O) groups excluding carboxylic acids is 2. The number of nitrogens with zero attached hydrogens (tertiary/aromatic N) is 1. The van der Waals surface area contributed by atoms with Gasteiger partial charge in [0.15, 0.2) is 0 Å². The zero-order valence-electron chi connectivity index (χ0n) is 15.0. The Bertz CT molecular complexity index is 751. The highest BCUT2D eigenvalue weighted by Crippen LogP contribution is 2.16. The molecule has 136 valence electrons. The van der Waals surface area contributed by atoms with Crippen molar-refractivity contribution >= 4 is 11.8 Å². The van der Waals surface area contributed by atoms with Crippen LogP contribution in [0.15, 0.2) is 54.6 Å². The Hall–Kier alpha value is -2.66. The first-order valence-corrected chi connectivity index (χ1v) is 9.01. The van der Waals surface area contributed by atoms with Gasteiger partial charge in [0.05, 0.1) is 0 Å². The quantitative estimate of drug-likeness (QED) is 0.888. The second kappa shape index (κ2) is 8.15. The van der Waals surface area contributed by atoms with Crippen LogP contribution in [0.3, 0.4) is 0 Å². The molecule has 0 radical (unpaired) electrons. The minimum atomic E-state index is -0.664. The molecule has 3 rings (SSSR count). The number of carbonyl (C=O) groups is 2. The molecular formula is C21H25N3O2. The lowest BCUT2D eigenvalue weighted by atomic mass is 10.0. The molecule has 2 amide bonds. The molecule has 0 saturated carbocycles. The van der Waals surface area contributed by atoms with Crippen LogP contribution in [0, 0.1) is 6.92 Å². The molecular weight excluding hydrogens is 326 g/mol. The fourth-order valence-electron chi connectivity index (χ4n) is 3.21. The van der Waals surface area contributed by atoms with Gasteiger partial charge in [-0.25, -0.2) is 0 Å². The van der Waals surface area contributed by atoms with E-state index >= 15 is 0 Å². The fraction of sp³-hybridized carbons (Fsp3) is 0.333. The first-order valence-electron chi connectivity index (χ1n) is 9.01. The number of benzene rings is 2. The van der Waals surface area contributed by atoms with Crippen molar-refractivity contribution in [3.8, 4) is 0 Å². The van der Waals surface area contributed by atoms with Crippen LogP contribution in [-0.4, -0.2) is 35.8 Å². The molecule has 1 aliphatic rings. The molecule has 1 saturated heterocycles. The van der Waals surface area contributed by atoms with Crippen LogP contribution in [0.4, 0.5) is 0 Å². The maximum atomic E-state index is 12.6. The summed E-state index contributed by atoms with van der Waals surface area (Å²) < 4.78 is 0. The summed E-state index contributed by atoms with van der Waals surface area (Å²) >= 11 is 0. The lowest BCUT2D eigenvalue weighted by Crippen LogP contribution is -2.48. The van der Waals surface area contributed by atoms with Crippen molar-refractivity contribution in [1.82, 2.24) is 10.2 Å². The number of nitrogens with one attached hydrogen (secondary N) is 1. The van der Waals surface area contributed by atoms with Crippen molar-refractivity contribution in [2.24, 2.45) is 5.73 Å². The predicted molar refractivity (Wildman–Crippen MR) is 102 cm³/mol. The van der Waals surface area contributed by atoms with Crippen LogP contribution < -0.4 is 11.1 Å². The summed E-state index contributed by atoms with van der Waals surface area (Å²) in [5.74, 6) is -0.115. The zero-order valence-corrected chi connectivity index (χ0v) is 15.0. The first kappa shape index (κ1) is 18.1. The van der Waals surface area contributed by atoms with Gasteiger partial charge >= 0.3 is 0 Å². The van der Waals surface area contributed by atoms with Gasteiger partial charge in [-0.1, -0.05) is 48.0 Å². The highest BCUT2D eigenvalue weighted by molar-refractivity contribution is 5.94. The summed E-state index contributed by atoms with van der Waals surface area (Å²) in [7, 11) is 0. The number of rotatable bonds is 4. The highest BCUT2D eigenvalue weighted by atomic mass is 16.2. The Labute approximate surface area is 154 Å². The van der Waals surface area contributed by atoms with Crippen LogP contribution in [0.25, 0.3) is 0 Å². The van der Waals surface area contributed by atoms with E-state index in [1.54, 1.807) is 0 Å². The fourth-order valence-corrected chi connectivity index (χ4v) is 3.21. The van der Waals surface area contributed by atoms with Crippen LogP contribution in [-0.2, 0) is 4.79 Å². The Balaban J connectivity index is 1.51. The number of likely N-dealkylation sites (tertiary alicyclic amines) is 1. The number of hydrogen-bond donors (Lipinski definition) is 2. The van der Waals surface area contributed by atoms with E-state index in [4.69, 9.17) is 5.73 Å². The van der Waals surface area contributed by atoms with E-state index in [9.17, 15) is 9.59 Å². The number of nitrogens with two attached hydrogens (primary N) is 1. The lowest BCUT2D eigenvalue weighted by Gasteiger charge is -2.33. The smallest absolute Gasteiger partial charge is 0.253 e. The standard InChI is InChI=1S/C21H25N3O2/c1-15-7-9-17(10-8-15)21(26)24-13-11-18(12-14-24)23-20(25)19(22)16-5-3-2-4-6-16/h2-10,18-19H,11-14,22H2,1H3,(H,23,25). The minimum absolute atomic E-state index is 0.0516. The molecule has 0 spiro atoms. The normalized spacial score (nSPS) is 16.2. The maximum absolute atomic E-state index is 12.6. The third-order valence-electron chi connectivity index (χ3n) is 4.87. The summed E-state index contributed by atoms with van der Waals surface area (Å²) in [6.07, 6.45) is 1.48. The topological polar surface area (TPSA) is 75.4 Å².